The minimum atomic E-state index is -4.44. The predicted molar refractivity (Wildman–Crippen MR) is 135 cm³/mol. The Morgan fingerprint density at radius 3 is 2.38 bits per heavy atom. The van der Waals surface area contributed by atoms with Crippen molar-refractivity contribution in [2.24, 2.45) is 0 Å². The summed E-state index contributed by atoms with van der Waals surface area (Å²) in [5.41, 5.74) is 5.36. The Morgan fingerprint density at radius 1 is 0.946 bits per heavy atom. The molecule has 0 aliphatic carbocycles. The van der Waals surface area contributed by atoms with Crippen molar-refractivity contribution < 1.29 is 27.5 Å². The van der Waals surface area contributed by atoms with Gasteiger partial charge in [-0.05, 0) is 43.3 Å². The standard InChI is InChI=1S/C26H18F3N3O3S2/c1-16-22(37-24(30-16)18-8-10-19(11-9-18)26(27,28)29)23(33)31-32-25(34)35-15-21-14-13-20(36-21)12-7-17-5-3-2-4-6-17/h2-6,8-11,13-14H,15H2,1H3,(H,31,33)(H,32,34). The van der Waals surface area contributed by atoms with E-state index in [1.54, 1.807) is 13.0 Å². The summed E-state index contributed by atoms with van der Waals surface area (Å²) in [4.78, 5) is 30.6. The van der Waals surface area contributed by atoms with Gasteiger partial charge >= 0.3 is 12.3 Å². The lowest BCUT2D eigenvalue weighted by atomic mass is 10.1. The Balaban J connectivity index is 1.28. The lowest BCUT2D eigenvalue weighted by molar-refractivity contribution is -0.137. The number of nitrogens with one attached hydrogen (secondary N) is 2. The molecule has 4 aromatic rings. The molecule has 2 N–H and O–H groups in total. The summed E-state index contributed by atoms with van der Waals surface area (Å²) < 4.78 is 43.4. The lowest BCUT2D eigenvalue weighted by Crippen LogP contribution is -2.41. The van der Waals surface area contributed by atoms with E-state index in [1.807, 2.05) is 36.4 Å². The zero-order chi connectivity index (χ0) is 26.4. The molecule has 0 saturated heterocycles. The number of aryl methyl sites for hydroxylation is 1. The van der Waals surface area contributed by atoms with Crippen molar-refractivity contribution in [3.63, 3.8) is 0 Å². The van der Waals surface area contributed by atoms with Crippen LogP contribution in [0.15, 0.2) is 66.7 Å². The zero-order valence-corrected chi connectivity index (χ0v) is 20.8. The van der Waals surface area contributed by atoms with Gasteiger partial charge in [0.2, 0.25) is 0 Å². The van der Waals surface area contributed by atoms with E-state index in [2.05, 4.69) is 27.7 Å². The predicted octanol–water partition coefficient (Wildman–Crippen LogP) is 6.17. The highest BCUT2D eigenvalue weighted by atomic mass is 32.1. The fourth-order valence-electron chi connectivity index (χ4n) is 3.05. The summed E-state index contributed by atoms with van der Waals surface area (Å²) in [7, 11) is 0. The van der Waals surface area contributed by atoms with Crippen molar-refractivity contribution in [2.75, 3.05) is 0 Å². The number of thiazole rings is 1. The number of hydrogen-bond donors (Lipinski definition) is 2. The maximum Gasteiger partial charge on any atom is 0.426 e. The second-order valence-corrected chi connectivity index (χ2v) is 9.71. The molecular formula is C26H18F3N3O3S2. The smallest absolute Gasteiger partial charge is 0.426 e. The number of carbonyl (C=O) groups excluding carboxylic acids is 2. The van der Waals surface area contributed by atoms with Gasteiger partial charge in [-0.1, -0.05) is 42.2 Å². The van der Waals surface area contributed by atoms with E-state index >= 15 is 0 Å². The molecule has 0 aliphatic heterocycles. The normalized spacial score (nSPS) is 10.8. The molecule has 4 rings (SSSR count). The van der Waals surface area contributed by atoms with E-state index in [0.717, 1.165) is 38.8 Å². The molecule has 0 saturated carbocycles. The van der Waals surface area contributed by atoms with E-state index in [1.165, 1.54) is 23.5 Å². The molecule has 11 heteroatoms. The second-order valence-electron chi connectivity index (χ2n) is 7.55. The molecule has 0 unspecified atom stereocenters. The number of halogens is 3. The number of rotatable bonds is 4. The van der Waals surface area contributed by atoms with Gasteiger partial charge < -0.3 is 4.74 Å². The van der Waals surface area contributed by atoms with Gasteiger partial charge in [0.15, 0.2) is 0 Å². The monoisotopic (exact) mass is 541 g/mol. The fourth-order valence-corrected chi connectivity index (χ4v) is 4.79. The molecule has 2 aromatic carbocycles. The number of ether oxygens (including phenoxy) is 1. The highest BCUT2D eigenvalue weighted by Gasteiger charge is 2.30. The van der Waals surface area contributed by atoms with E-state index in [-0.39, 0.29) is 11.5 Å². The van der Waals surface area contributed by atoms with Crippen LogP contribution in [0.5, 0.6) is 0 Å². The van der Waals surface area contributed by atoms with E-state index in [4.69, 9.17) is 4.74 Å². The molecule has 6 nitrogen and oxygen atoms in total. The van der Waals surface area contributed by atoms with Crippen molar-refractivity contribution in [1.82, 2.24) is 15.8 Å². The number of benzene rings is 2. The first-order valence-corrected chi connectivity index (χ1v) is 12.4. The number of nitrogens with zero attached hydrogens (tertiary/aromatic N) is 1. The number of thiophene rings is 1. The van der Waals surface area contributed by atoms with Crippen LogP contribution in [0.3, 0.4) is 0 Å². The van der Waals surface area contributed by atoms with Crippen LogP contribution in [0.25, 0.3) is 10.6 Å². The molecule has 188 valence electrons. The molecule has 0 fully saturated rings. The van der Waals surface area contributed by atoms with E-state index < -0.39 is 23.7 Å². The summed E-state index contributed by atoms with van der Waals surface area (Å²) in [5, 5.41) is 0.378. The Hall–Kier alpha value is -4.14. The maximum absolute atomic E-state index is 12.8. The first kappa shape index (κ1) is 25.9. The number of alkyl halides is 3. The zero-order valence-electron chi connectivity index (χ0n) is 19.2. The van der Waals surface area contributed by atoms with E-state index in [9.17, 15) is 22.8 Å². The Kier molecular flexibility index (Phi) is 7.91. The summed E-state index contributed by atoms with van der Waals surface area (Å²) in [6.45, 7) is 1.59. The first-order chi connectivity index (χ1) is 17.7. The quantitative estimate of drug-likeness (QED) is 0.239. The van der Waals surface area contributed by atoms with Crippen LogP contribution in [0.4, 0.5) is 18.0 Å². The van der Waals surface area contributed by atoms with Gasteiger partial charge in [-0.25, -0.2) is 15.2 Å². The van der Waals surface area contributed by atoms with Crippen molar-refractivity contribution >= 4 is 34.7 Å². The first-order valence-electron chi connectivity index (χ1n) is 10.7. The third-order valence-corrected chi connectivity index (χ3v) is 7.03. The number of carbonyl (C=O) groups is 2. The summed E-state index contributed by atoms with van der Waals surface area (Å²) in [6, 6.07) is 17.7. The van der Waals surface area contributed by atoms with Gasteiger partial charge in [-0.2, -0.15) is 13.2 Å². The van der Waals surface area contributed by atoms with Crippen LogP contribution in [-0.4, -0.2) is 17.0 Å². The van der Waals surface area contributed by atoms with Crippen molar-refractivity contribution in [3.8, 4) is 22.4 Å². The van der Waals surface area contributed by atoms with Crippen LogP contribution >= 0.6 is 22.7 Å². The maximum atomic E-state index is 12.8. The van der Waals surface area contributed by atoms with E-state index in [0.29, 0.717) is 16.3 Å². The van der Waals surface area contributed by atoms with Crippen LogP contribution in [0.1, 0.15) is 36.2 Å². The Morgan fingerprint density at radius 2 is 1.68 bits per heavy atom. The third-order valence-electron chi connectivity index (χ3n) is 4.85. The van der Waals surface area contributed by atoms with Crippen LogP contribution in [0.2, 0.25) is 0 Å². The summed E-state index contributed by atoms with van der Waals surface area (Å²) in [5.74, 6) is 5.49. The van der Waals surface area contributed by atoms with Crippen LogP contribution in [-0.2, 0) is 17.5 Å². The van der Waals surface area contributed by atoms with Crippen molar-refractivity contribution in [2.45, 2.75) is 19.7 Å². The largest absolute Gasteiger partial charge is 0.443 e. The van der Waals surface area contributed by atoms with Gasteiger partial charge in [0, 0.05) is 16.0 Å². The SMILES string of the molecule is Cc1nc(-c2ccc(C(F)(F)F)cc2)sc1C(=O)NNC(=O)OCc1ccc(C#Cc2ccccc2)s1. The van der Waals surface area contributed by atoms with Gasteiger partial charge in [-0.15, -0.1) is 22.7 Å². The van der Waals surface area contributed by atoms with Crippen LogP contribution < -0.4 is 10.9 Å². The topological polar surface area (TPSA) is 80.3 Å². The number of aromatic nitrogens is 1. The average molecular weight is 542 g/mol. The minimum absolute atomic E-state index is 0.00293. The fraction of sp³-hybridized carbons (Fsp3) is 0.115. The number of hydrazine groups is 1. The summed E-state index contributed by atoms with van der Waals surface area (Å²) >= 11 is 2.38. The van der Waals surface area contributed by atoms with Gasteiger partial charge in [0.25, 0.3) is 5.91 Å². The molecule has 0 spiro atoms. The average Bonchev–Trinajstić information content (AvgIpc) is 3.51. The van der Waals surface area contributed by atoms with Crippen LogP contribution in [0, 0.1) is 18.8 Å². The molecular weight excluding hydrogens is 523 g/mol. The molecule has 0 atom stereocenters. The summed E-state index contributed by atoms with van der Waals surface area (Å²) in [6.07, 6.45) is -5.30. The highest BCUT2D eigenvalue weighted by molar-refractivity contribution is 7.17. The van der Waals surface area contributed by atoms with Gasteiger partial charge in [0.1, 0.15) is 16.5 Å². The number of amides is 2. The molecule has 2 heterocycles. The second kappa shape index (κ2) is 11.3. The molecule has 2 amide bonds. The van der Waals surface area contributed by atoms with Gasteiger partial charge in [0.05, 0.1) is 16.1 Å². The third kappa shape index (κ3) is 6.97. The molecule has 0 aliphatic rings. The molecule has 37 heavy (non-hydrogen) atoms. The Bertz CT molecular complexity index is 1470. The molecule has 2 aromatic heterocycles. The lowest BCUT2D eigenvalue weighted by Gasteiger charge is -2.07. The van der Waals surface area contributed by atoms with Gasteiger partial charge in [-0.3, -0.25) is 10.2 Å². The molecule has 0 bridgehead atoms. The molecule has 0 radical (unpaired) electrons. The Labute approximate surface area is 218 Å². The van der Waals surface area contributed by atoms with Crippen molar-refractivity contribution in [1.29, 1.82) is 0 Å². The van der Waals surface area contributed by atoms with Crippen molar-refractivity contribution in [3.05, 3.63) is 98.2 Å². The number of hydrogen-bond acceptors (Lipinski definition) is 6. The highest BCUT2D eigenvalue weighted by Crippen LogP contribution is 2.33. The minimum Gasteiger partial charge on any atom is -0.443 e.